The first-order valence-corrected chi connectivity index (χ1v) is 4.46. The Bertz CT molecular complexity index is 44.8. The zero-order valence-electron chi connectivity index (χ0n) is 8.62. The van der Waals surface area contributed by atoms with Gasteiger partial charge in [-0.15, -0.1) is 0 Å². The monoisotopic (exact) mass is 168 g/mol. The van der Waals surface area contributed by atoms with Gasteiger partial charge in [0.25, 0.3) is 0 Å². The minimum Gasteiger partial charge on any atom is -0.210 e. The first-order chi connectivity index (χ1) is 5.18. The number of alkyl halides is 2. The number of rotatable bonds is 2. The lowest BCUT2D eigenvalue weighted by atomic mass is 10.1. The third kappa shape index (κ3) is 17.7. The van der Waals surface area contributed by atoms with Gasteiger partial charge in [0.2, 0.25) is 6.43 Å². The summed E-state index contributed by atoms with van der Waals surface area (Å²) in [5.41, 5.74) is 0. The molecule has 2 heteroatoms. The van der Waals surface area contributed by atoms with Gasteiger partial charge in [-0.2, -0.15) is 0 Å². The first-order valence-electron chi connectivity index (χ1n) is 4.46. The van der Waals surface area contributed by atoms with Crippen LogP contribution in [-0.4, -0.2) is 6.43 Å². The van der Waals surface area contributed by atoms with Crippen LogP contribution < -0.4 is 0 Å². The fourth-order valence-electron chi connectivity index (χ4n) is 0.178. The molecule has 1 atom stereocenters. The summed E-state index contributed by atoms with van der Waals surface area (Å²) in [7, 11) is 0. The van der Waals surface area contributed by atoms with E-state index in [0.717, 1.165) is 0 Å². The minimum absolute atomic E-state index is 0.431. The van der Waals surface area contributed by atoms with Crippen molar-refractivity contribution in [2.45, 2.75) is 54.4 Å². The molecule has 0 spiro atoms. The third-order valence-electron chi connectivity index (χ3n) is 1.07. The third-order valence-corrected chi connectivity index (χ3v) is 1.07. The number of halogens is 2. The molecular formula is C9H22F2. The average molecular weight is 168 g/mol. The molecule has 11 heavy (non-hydrogen) atoms. The SMILES string of the molecule is CC.CC.CCC(C)C(F)F. The van der Waals surface area contributed by atoms with Crippen LogP contribution in [0.3, 0.4) is 0 Å². The summed E-state index contributed by atoms with van der Waals surface area (Å²) in [5, 5.41) is 0. The molecule has 0 rings (SSSR count). The van der Waals surface area contributed by atoms with Gasteiger partial charge >= 0.3 is 0 Å². The molecule has 0 aromatic rings. The molecule has 0 aliphatic heterocycles. The molecule has 0 saturated heterocycles. The minimum atomic E-state index is -2.13. The molecule has 1 unspecified atom stereocenters. The second-order valence-corrected chi connectivity index (χ2v) is 1.72. The van der Waals surface area contributed by atoms with E-state index in [1.807, 2.05) is 27.7 Å². The van der Waals surface area contributed by atoms with Crippen LogP contribution in [-0.2, 0) is 0 Å². The topological polar surface area (TPSA) is 0 Å². The van der Waals surface area contributed by atoms with Crippen molar-refractivity contribution < 1.29 is 8.78 Å². The standard InChI is InChI=1S/C5H10F2.2C2H6/c1-3-4(2)5(6)7;2*1-2/h4-5H,3H2,1-2H3;2*1-2H3. The molecule has 0 aromatic heterocycles. The lowest BCUT2D eigenvalue weighted by Crippen LogP contribution is -2.03. The largest absolute Gasteiger partial charge is 0.241 e. The van der Waals surface area contributed by atoms with E-state index in [1.54, 1.807) is 13.8 Å². The highest BCUT2D eigenvalue weighted by Crippen LogP contribution is 2.10. The van der Waals surface area contributed by atoms with E-state index in [1.165, 1.54) is 0 Å². The molecular weight excluding hydrogens is 146 g/mol. The van der Waals surface area contributed by atoms with Gasteiger partial charge in [-0.05, 0) is 6.42 Å². The van der Waals surface area contributed by atoms with Crippen LogP contribution in [0.5, 0.6) is 0 Å². The molecule has 0 N–H and O–H groups in total. The van der Waals surface area contributed by atoms with Crippen LogP contribution in [0.1, 0.15) is 48.0 Å². The van der Waals surface area contributed by atoms with Crippen LogP contribution in [0.2, 0.25) is 0 Å². The summed E-state index contributed by atoms with van der Waals surface area (Å²) in [5.74, 6) is -0.431. The van der Waals surface area contributed by atoms with E-state index in [-0.39, 0.29) is 0 Å². The summed E-state index contributed by atoms with van der Waals surface area (Å²) in [4.78, 5) is 0. The van der Waals surface area contributed by atoms with E-state index in [2.05, 4.69) is 0 Å². The number of hydrogen-bond donors (Lipinski definition) is 0. The average Bonchev–Trinajstić information content (AvgIpc) is 2.10. The molecule has 0 saturated carbocycles. The van der Waals surface area contributed by atoms with Crippen molar-refractivity contribution in [3.05, 3.63) is 0 Å². The van der Waals surface area contributed by atoms with Crippen molar-refractivity contribution in [2.24, 2.45) is 5.92 Å². The van der Waals surface area contributed by atoms with Gasteiger partial charge in [-0.3, -0.25) is 0 Å². The molecule has 0 amide bonds. The summed E-state index contributed by atoms with van der Waals surface area (Å²) in [6, 6.07) is 0. The highest BCUT2D eigenvalue weighted by Gasteiger charge is 2.10. The second kappa shape index (κ2) is 16.4. The van der Waals surface area contributed by atoms with Gasteiger partial charge in [-0.25, -0.2) is 8.78 Å². The van der Waals surface area contributed by atoms with Crippen molar-refractivity contribution in [1.82, 2.24) is 0 Å². The van der Waals surface area contributed by atoms with E-state index in [4.69, 9.17) is 0 Å². The summed E-state index contributed by atoms with van der Waals surface area (Å²) in [6.07, 6.45) is -1.57. The Morgan fingerprint density at radius 2 is 1.27 bits per heavy atom. The van der Waals surface area contributed by atoms with Crippen molar-refractivity contribution in [3.63, 3.8) is 0 Å². The van der Waals surface area contributed by atoms with Gasteiger partial charge in [0.1, 0.15) is 0 Å². The molecule has 0 heterocycles. The zero-order valence-corrected chi connectivity index (χ0v) is 8.62. The summed E-state index contributed by atoms with van der Waals surface area (Å²) < 4.78 is 22.9. The predicted octanol–water partition coefficient (Wildman–Crippen LogP) is 4.35. The van der Waals surface area contributed by atoms with Gasteiger partial charge < -0.3 is 0 Å². The van der Waals surface area contributed by atoms with Crippen molar-refractivity contribution in [1.29, 1.82) is 0 Å². The Balaban J connectivity index is -0.000000138. The van der Waals surface area contributed by atoms with Gasteiger partial charge in [0.15, 0.2) is 0 Å². The fourth-order valence-corrected chi connectivity index (χ4v) is 0.178. The maximum absolute atomic E-state index is 11.4. The predicted molar refractivity (Wildman–Crippen MR) is 48.2 cm³/mol. The molecule has 0 aromatic carbocycles. The Morgan fingerprint density at radius 1 is 1.00 bits per heavy atom. The van der Waals surface area contributed by atoms with Gasteiger partial charge in [0, 0.05) is 5.92 Å². The smallest absolute Gasteiger partial charge is 0.210 e. The molecule has 72 valence electrons. The zero-order chi connectivity index (χ0) is 9.86. The van der Waals surface area contributed by atoms with Crippen molar-refractivity contribution >= 4 is 0 Å². The lowest BCUT2D eigenvalue weighted by molar-refractivity contribution is 0.0845. The molecule has 0 aliphatic rings. The van der Waals surface area contributed by atoms with E-state index in [9.17, 15) is 8.78 Å². The van der Waals surface area contributed by atoms with Gasteiger partial charge in [0.05, 0.1) is 0 Å². The summed E-state index contributed by atoms with van der Waals surface area (Å²) >= 11 is 0. The Morgan fingerprint density at radius 3 is 1.27 bits per heavy atom. The molecule has 0 nitrogen and oxygen atoms in total. The number of hydrogen-bond acceptors (Lipinski definition) is 0. The van der Waals surface area contributed by atoms with E-state index < -0.39 is 12.3 Å². The summed E-state index contributed by atoms with van der Waals surface area (Å²) in [6.45, 7) is 11.3. The van der Waals surface area contributed by atoms with Crippen LogP contribution in [0.25, 0.3) is 0 Å². The molecule has 0 radical (unpaired) electrons. The second-order valence-electron chi connectivity index (χ2n) is 1.72. The lowest BCUT2D eigenvalue weighted by Gasteiger charge is -2.03. The first kappa shape index (κ1) is 17.1. The maximum atomic E-state index is 11.4. The normalized spacial score (nSPS) is 10.6. The fraction of sp³-hybridized carbons (Fsp3) is 1.00. The van der Waals surface area contributed by atoms with E-state index >= 15 is 0 Å². The quantitative estimate of drug-likeness (QED) is 0.575. The molecule has 0 aliphatic carbocycles. The molecule has 0 bridgehead atoms. The highest BCUT2D eigenvalue weighted by atomic mass is 19.3. The maximum Gasteiger partial charge on any atom is 0.241 e. The molecule has 0 fully saturated rings. The van der Waals surface area contributed by atoms with Crippen LogP contribution in [0.4, 0.5) is 8.78 Å². The van der Waals surface area contributed by atoms with Gasteiger partial charge in [-0.1, -0.05) is 41.5 Å². The Kier molecular flexibility index (Phi) is 25.6. The Labute approximate surface area is 70.0 Å². The van der Waals surface area contributed by atoms with E-state index in [0.29, 0.717) is 6.42 Å². The Hall–Kier alpha value is -0.140. The van der Waals surface area contributed by atoms with Crippen LogP contribution in [0, 0.1) is 5.92 Å². The highest BCUT2D eigenvalue weighted by molar-refractivity contribution is 4.48. The van der Waals surface area contributed by atoms with Crippen molar-refractivity contribution in [2.75, 3.05) is 0 Å². The van der Waals surface area contributed by atoms with Crippen LogP contribution in [0.15, 0.2) is 0 Å². The van der Waals surface area contributed by atoms with Crippen LogP contribution >= 0.6 is 0 Å². The van der Waals surface area contributed by atoms with Crippen molar-refractivity contribution in [3.8, 4) is 0 Å².